The van der Waals surface area contributed by atoms with Gasteiger partial charge in [0.25, 0.3) is 0 Å². The molecule has 0 aromatic heterocycles. The van der Waals surface area contributed by atoms with Crippen LogP contribution in [0.15, 0.2) is 21.5 Å². The monoisotopic (exact) mass is 382 g/mol. The molecule has 20 heavy (non-hydrogen) atoms. The van der Waals surface area contributed by atoms with Crippen molar-refractivity contribution < 1.29 is 13.2 Å². The molecule has 1 saturated heterocycles. The third kappa shape index (κ3) is 2.82. The summed E-state index contributed by atoms with van der Waals surface area (Å²) in [6.07, 6.45) is 0.763. The number of benzene rings is 1. The van der Waals surface area contributed by atoms with E-state index in [4.69, 9.17) is 4.74 Å². The first-order chi connectivity index (χ1) is 9.09. The SMILES string of the molecule is Cl.O=S(=O)(c1cc(Br)cc2c1OCC2)N1CCNCC1. The van der Waals surface area contributed by atoms with Gasteiger partial charge in [-0.3, -0.25) is 0 Å². The molecule has 0 aliphatic carbocycles. The second-order valence-corrected chi connectivity index (χ2v) is 7.47. The second-order valence-electron chi connectivity index (χ2n) is 4.64. The fourth-order valence-electron chi connectivity index (χ4n) is 2.45. The summed E-state index contributed by atoms with van der Waals surface area (Å²) in [5.74, 6) is 0.529. The van der Waals surface area contributed by atoms with Gasteiger partial charge in [-0.2, -0.15) is 4.31 Å². The highest BCUT2D eigenvalue weighted by Gasteiger charge is 2.32. The van der Waals surface area contributed by atoms with Gasteiger partial charge in [-0.1, -0.05) is 15.9 Å². The van der Waals surface area contributed by atoms with Crippen molar-refractivity contribution in [2.45, 2.75) is 11.3 Å². The lowest BCUT2D eigenvalue weighted by Crippen LogP contribution is -2.46. The van der Waals surface area contributed by atoms with Crippen LogP contribution in [0.3, 0.4) is 0 Å². The fraction of sp³-hybridized carbons (Fsp3) is 0.500. The normalized spacial score (nSPS) is 19.1. The predicted molar refractivity (Wildman–Crippen MR) is 82.2 cm³/mol. The molecule has 0 saturated carbocycles. The molecule has 0 amide bonds. The Hall–Kier alpha value is -0.340. The zero-order valence-corrected chi connectivity index (χ0v) is 14.0. The number of nitrogens with one attached hydrogen (secondary N) is 1. The molecule has 1 aromatic carbocycles. The highest BCUT2D eigenvalue weighted by molar-refractivity contribution is 9.10. The first-order valence-corrected chi connectivity index (χ1v) is 8.48. The topological polar surface area (TPSA) is 58.6 Å². The van der Waals surface area contributed by atoms with Gasteiger partial charge in [0.15, 0.2) is 0 Å². The maximum atomic E-state index is 12.7. The molecular formula is C12H16BrClN2O3S. The average molecular weight is 384 g/mol. The third-order valence-corrected chi connectivity index (χ3v) is 5.77. The standard InChI is InChI=1S/C12H15BrN2O3S.ClH/c13-10-7-9-1-6-18-12(9)11(8-10)19(16,17)15-4-2-14-3-5-15;/h7-8,14H,1-6H2;1H. The van der Waals surface area contributed by atoms with Crippen molar-refractivity contribution in [1.29, 1.82) is 0 Å². The Bertz CT molecular complexity index is 603. The molecule has 3 rings (SSSR count). The van der Waals surface area contributed by atoms with Gasteiger partial charge < -0.3 is 10.1 Å². The number of sulfonamides is 1. The van der Waals surface area contributed by atoms with Crippen molar-refractivity contribution in [3.05, 3.63) is 22.2 Å². The van der Waals surface area contributed by atoms with Crippen LogP contribution in [0.4, 0.5) is 0 Å². The van der Waals surface area contributed by atoms with E-state index >= 15 is 0 Å². The summed E-state index contributed by atoms with van der Waals surface area (Å²) < 4.78 is 33.2. The van der Waals surface area contributed by atoms with Crippen LogP contribution in [0.2, 0.25) is 0 Å². The molecule has 2 heterocycles. The van der Waals surface area contributed by atoms with E-state index in [2.05, 4.69) is 21.2 Å². The highest BCUT2D eigenvalue weighted by Crippen LogP contribution is 2.37. The Labute approximate surface area is 133 Å². The quantitative estimate of drug-likeness (QED) is 0.839. The summed E-state index contributed by atoms with van der Waals surface area (Å²) in [6.45, 7) is 2.94. The molecule has 0 atom stereocenters. The molecule has 8 heteroatoms. The van der Waals surface area contributed by atoms with E-state index in [0.29, 0.717) is 38.5 Å². The van der Waals surface area contributed by atoms with Gasteiger partial charge >= 0.3 is 0 Å². The van der Waals surface area contributed by atoms with E-state index in [1.165, 1.54) is 4.31 Å². The van der Waals surface area contributed by atoms with E-state index in [0.717, 1.165) is 16.5 Å². The number of fused-ring (bicyclic) bond motifs is 1. The van der Waals surface area contributed by atoms with Gasteiger partial charge in [0.05, 0.1) is 6.61 Å². The molecule has 0 radical (unpaired) electrons. The Kier molecular flexibility index (Phi) is 4.96. The lowest BCUT2D eigenvalue weighted by Gasteiger charge is -2.27. The molecule has 1 aromatic rings. The zero-order valence-electron chi connectivity index (χ0n) is 10.8. The maximum Gasteiger partial charge on any atom is 0.246 e. The maximum absolute atomic E-state index is 12.7. The number of hydrogen-bond donors (Lipinski definition) is 1. The lowest BCUT2D eigenvalue weighted by atomic mass is 10.2. The van der Waals surface area contributed by atoms with E-state index < -0.39 is 10.0 Å². The number of rotatable bonds is 2. The number of ether oxygens (including phenoxy) is 1. The van der Waals surface area contributed by atoms with Crippen LogP contribution in [-0.4, -0.2) is 45.5 Å². The van der Waals surface area contributed by atoms with Crippen LogP contribution in [0.1, 0.15) is 5.56 Å². The van der Waals surface area contributed by atoms with Gasteiger partial charge in [0.1, 0.15) is 10.6 Å². The summed E-state index contributed by atoms with van der Waals surface area (Å²) in [4.78, 5) is 0.288. The predicted octanol–water partition coefficient (Wildman–Crippen LogP) is 1.40. The zero-order chi connectivity index (χ0) is 13.5. The molecule has 112 valence electrons. The Morgan fingerprint density at radius 3 is 2.65 bits per heavy atom. The largest absolute Gasteiger partial charge is 0.492 e. The minimum atomic E-state index is -3.47. The number of halogens is 2. The summed E-state index contributed by atoms with van der Waals surface area (Å²) in [6, 6.07) is 3.57. The van der Waals surface area contributed by atoms with E-state index in [1.807, 2.05) is 6.07 Å². The molecule has 5 nitrogen and oxygen atoms in total. The van der Waals surface area contributed by atoms with Gasteiger partial charge in [-0.15, -0.1) is 12.4 Å². The van der Waals surface area contributed by atoms with Crippen molar-refractivity contribution in [2.75, 3.05) is 32.8 Å². The van der Waals surface area contributed by atoms with Gasteiger partial charge in [-0.05, 0) is 12.1 Å². The first-order valence-electron chi connectivity index (χ1n) is 6.25. The second kappa shape index (κ2) is 6.19. The van der Waals surface area contributed by atoms with E-state index in [-0.39, 0.29) is 17.3 Å². The van der Waals surface area contributed by atoms with Crippen molar-refractivity contribution in [2.24, 2.45) is 0 Å². The van der Waals surface area contributed by atoms with Crippen LogP contribution in [0.5, 0.6) is 5.75 Å². The van der Waals surface area contributed by atoms with Gasteiger partial charge in [-0.25, -0.2) is 8.42 Å². The molecule has 1 N–H and O–H groups in total. The first kappa shape index (κ1) is 16.0. The van der Waals surface area contributed by atoms with Crippen LogP contribution in [0.25, 0.3) is 0 Å². The van der Waals surface area contributed by atoms with Crippen molar-refractivity contribution >= 4 is 38.4 Å². The minimum absolute atomic E-state index is 0. The Balaban J connectivity index is 0.00000147. The minimum Gasteiger partial charge on any atom is -0.492 e. The Morgan fingerprint density at radius 2 is 1.95 bits per heavy atom. The van der Waals surface area contributed by atoms with Crippen LogP contribution in [-0.2, 0) is 16.4 Å². The fourth-order valence-corrected chi connectivity index (χ4v) is 4.75. The number of hydrogen-bond acceptors (Lipinski definition) is 4. The van der Waals surface area contributed by atoms with Crippen LogP contribution in [0, 0.1) is 0 Å². The van der Waals surface area contributed by atoms with E-state index in [1.54, 1.807) is 6.07 Å². The highest BCUT2D eigenvalue weighted by atomic mass is 79.9. The van der Waals surface area contributed by atoms with Gasteiger partial charge in [0.2, 0.25) is 10.0 Å². The molecule has 2 aliphatic rings. The van der Waals surface area contributed by atoms with Crippen LogP contribution < -0.4 is 10.1 Å². The molecule has 0 spiro atoms. The molecule has 1 fully saturated rings. The van der Waals surface area contributed by atoms with E-state index in [9.17, 15) is 8.42 Å². The lowest BCUT2D eigenvalue weighted by molar-refractivity contribution is 0.339. The summed E-state index contributed by atoms with van der Waals surface area (Å²) >= 11 is 3.38. The van der Waals surface area contributed by atoms with Crippen molar-refractivity contribution in [3.8, 4) is 5.75 Å². The summed E-state index contributed by atoms with van der Waals surface area (Å²) in [7, 11) is -3.47. The third-order valence-electron chi connectivity index (χ3n) is 3.41. The molecule has 0 unspecified atom stereocenters. The van der Waals surface area contributed by atoms with Crippen molar-refractivity contribution in [3.63, 3.8) is 0 Å². The average Bonchev–Trinajstić information content (AvgIpc) is 2.86. The van der Waals surface area contributed by atoms with Crippen LogP contribution >= 0.6 is 28.3 Å². The van der Waals surface area contributed by atoms with Crippen molar-refractivity contribution in [1.82, 2.24) is 9.62 Å². The summed E-state index contributed by atoms with van der Waals surface area (Å²) in [5, 5.41) is 3.16. The summed E-state index contributed by atoms with van der Waals surface area (Å²) in [5.41, 5.74) is 0.961. The smallest absolute Gasteiger partial charge is 0.246 e. The molecule has 0 bridgehead atoms. The number of piperazine rings is 1. The Morgan fingerprint density at radius 1 is 1.25 bits per heavy atom. The van der Waals surface area contributed by atoms with Gasteiger partial charge in [0, 0.05) is 42.6 Å². The number of nitrogens with zero attached hydrogens (tertiary/aromatic N) is 1. The molecule has 2 aliphatic heterocycles. The molecular weight excluding hydrogens is 368 g/mol.